The summed E-state index contributed by atoms with van der Waals surface area (Å²) in [6.07, 6.45) is 4.31. The number of rotatable bonds is 5. The zero-order valence-electron chi connectivity index (χ0n) is 10.6. The van der Waals surface area contributed by atoms with Crippen LogP contribution in [0.4, 0.5) is 4.39 Å². The number of aromatic nitrogens is 3. The van der Waals surface area contributed by atoms with Crippen molar-refractivity contribution in [2.45, 2.75) is 25.9 Å². The lowest BCUT2D eigenvalue weighted by Gasteiger charge is -2.17. The molecule has 2 heterocycles. The van der Waals surface area contributed by atoms with Crippen molar-refractivity contribution in [2.24, 2.45) is 0 Å². The van der Waals surface area contributed by atoms with Gasteiger partial charge in [-0.3, -0.25) is 9.67 Å². The van der Waals surface area contributed by atoms with Gasteiger partial charge in [-0.15, -0.1) is 0 Å². The summed E-state index contributed by atoms with van der Waals surface area (Å²) >= 11 is 0. The van der Waals surface area contributed by atoms with E-state index in [2.05, 4.69) is 22.3 Å². The van der Waals surface area contributed by atoms with E-state index in [1.807, 2.05) is 10.7 Å². The van der Waals surface area contributed by atoms with Crippen LogP contribution in [0.1, 0.15) is 30.8 Å². The molecule has 18 heavy (non-hydrogen) atoms. The van der Waals surface area contributed by atoms with E-state index in [0.717, 1.165) is 18.7 Å². The lowest BCUT2D eigenvalue weighted by atomic mass is 10.1. The third kappa shape index (κ3) is 2.41. The molecule has 0 fully saturated rings. The molecule has 96 valence electrons. The number of pyridine rings is 1. The van der Waals surface area contributed by atoms with Crippen LogP contribution in [-0.2, 0) is 6.54 Å². The van der Waals surface area contributed by atoms with Crippen LogP contribution in [0.25, 0.3) is 0 Å². The minimum Gasteiger partial charge on any atom is -0.307 e. The van der Waals surface area contributed by atoms with Crippen molar-refractivity contribution < 1.29 is 4.39 Å². The Morgan fingerprint density at radius 2 is 2.22 bits per heavy atom. The number of hydrogen-bond donors (Lipinski definition) is 1. The van der Waals surface area contributed by atoms with Crippen LogP contribution >= 0.6 is 0 Å². The molecule has 5 heteroatoms. The van der Waals surface area contributed by atoms with Gasteiger partial charge in [-0.25, -0.2) is 4.39 Å². The lowest BCUT2D eigenvalue weighted by molar-refractivity contribution is 0.506. The third-order valence-electron chi connectivity index (χ3n) is 2.83. The minimum atomic E-state index is -0.305. The van der Waals surface area contributed by atoms with Crippen LogP contribution in [-0.4, -0.2) is 21.8 Å². The van der Waals surface area contributed by atoms with Gasteiger partial charge in [-0.2, -0.15) is 5.10 Å². The van der Waals surface area contributed by atoms with E-state index < -0.39 is 0 Å². The molecule has 0 aliphatic heterocycles. The molecular formula is C13H17FN4. The van der Waals surface area contributed by atoms with Gasteiger partial charge < -0.3 is 5.32 Å². The first-order valence-corrected chi connectivity index (χ1v) is 6.07. The monoisotopic (exact) mass is 248 g/mol. The first-order chi connectivity index (χ1) is 8.77. The van der Waals surface area contributed by atoms with Gasteiger partial charge >= 0.3 is 0 Å². The molecule has 1 unspecified atom stereocenters. The van der Waals surface area contributed by atoms with E-state index in [0.29, 0.717) is 5.69 Å². The van der Waals surface area contributed by atoms with Gasteiger partial charge in [0.15, 0.2) is 0 Å². The third-order valence-corrected chi connectivity index (χ3v) is 2.83. The zero-order valence-corrected chi connectivity index (χ0v) is 10.6. The van der Waals surface area contributed by atoms with E-state index in [1.54, 1.807) is 25.5 Å². The first-order valence-electron chi connectivity index (χ1n) is 6.07. The molecule has 0 radical (unpaired) electrons. The SMILES string of the molecule is CCCn1nccc1C(NC)c1ncccc1F. The molecule has 0 saturated carbocycles. The molecule has 0 saturated heterocycles. The van der Waals surface area contributed by atoms with Crippen molar-refractivity contribution in [3.63, 3.8) is 0 Å². The van der Waals surface area contributed by atoms with Gasteiger partial charge in [-0.1, -0.05) is 6.92 Å². The quantitative estimate of drug-likeness (QED) is 0.881. The van der Waals surface area contributed by atoms with Crippen molar-refractivity contribution in [3.8, 4) is 0 Å². The highest BCUT2D eigenvalue weighted by atomic mass is 19.1. The fourth-order valence-corrected chi connectivity index (χ4v) is 2.02. The maximum atomic E-state index is 13.8. The fourth-order valence-electron chi connectivity index (χ4n) is 2.02. The largest absolute Gasteiger partial charge is 0.307 e. The van der Waals surface area contributed by atoms with Crippen LogP contribution in [0.2, 0.25) is 0 Å². The summed E-state index contributed by atoms with van der Waals surface area (Å²) in [5, 5.41) is 7.35. The Labute approximate surface area is 106 Å². The zero-order chi connectivity index (χ0) is 13.0. The molecule has 2 aromatic rings. The van der Waals surface area contributed by atoms with Gasteiger partial charge in [0.05, 0.1) is 17.4 Å². The second-order valence-electron chi connectivity index (χ2n) is 4.07. The number of nitrogens with zero attached hydrogens (tertiary/aromatic N) is 3. The maximum Gasteiger partial charge on any atom is 0.146 e. The fraction of sp³-hybridized carbons (Fsp3) is 0.385. The maximum absolute atomic E-state index is 13.8. The molecule has 0 aromatic carbocycles. The molecule has 0 bridgehead atoms. The van der Waals surface area contributed by atoms with Crippen molar-refractivity contribution in [1.29, 1.82) is 0 Å². The Balaban J connectivity index is 2.39. The summed E-state index contributed by atoms with van der Waals surface area (Å²) in [4.78, 5) is 4.13. The summed E-state index contributed by atoms with van der Waals surface area (Å²) in [5.41, 5.74) is 1.33. The average Bonchev–Trinajstić information content (AvgIpc) is 2.82. The Kier molecular flexibility index (Phi) is 4.04. The number of halogens is 1. The summed E-state index contributed by atoms with van der Waals surface area (Å²) in [6.45, 7) is 2.90. The standard InChI is InChI=1S/C13H17FN4/c1-3-9-18-11(6-8-17-18)13(15-2)12-10(14)5-4-7-16-12/h4-8,13,15H,3,9H2,1-2H3. The first kappa shape index (κ1) is 12.7. The molecule has 1 atom stereocenters. The van der Waals surface area contributed by atoms with Crippen LogP contribution in [0.15, 0.2) is 30.6 Å². The highest BCUT2D eigenvalue weighted by Crippen LogP contribution is 2.22. The summed E-state index contributed by atoms with van der Waals surface area (Å²) in [6, 6.07) is 4.63. The predicted octanol–water partition coefficient (Wildman–Crippen LogP) is 2.14. The van der Waals surface area contributed by atoms with Crippen LogP contribution < -0.4 is 5.32 Å². The summed E-state index contributed by atoms with van der Waals surface area (Å²) in [5.74, 6) is -0.305. The molecule has 0 aliphatic rings. The highest BCUT2D eigenvalue weighted by Gasteiger charge is 2.20. The Hall–Kier alpha value is -1.75. The van der Waals surface area contributed by atoms with E-state index in [9.17, 15) is 4.39 Å². The number of hydrogen-bond acceptors (Lipinski definition) is 3. The molecule has 1 N–H and O–H groups in total. The van der Waals surface area contributed by atoms with Gasteiger partial charge in [0, 0.05) is 18.9 Å². The molecule has 4 nitrogen and oxygen atoms in total. The van der Waals surface area contributed by atoms with E-state index in [4.69, 9.17) is 0 Å². The second-order valence-corrected chi connectivity index (χ2v) is 4.07. The normalized spacial score (nSPS) is 12.6. The van der Waals surface area contributed by atoms with Crippen molar-refractivity contribution >= 4 is 0 Å². The summed E-state index contributed by atoms with van der Waals surface area (Å²) in [7, 11) is 1.79. The predicted molar refractivity (Wildman–Crippen MR) is 67.6 cm³/mol. The van der Waals surface area contributed by atoms with Crippen LogP contribution in [0.3, 0.4) is 0 Å². The molecule has 0 aliphatic carbocycles. The van der Waals surface area contributed by atoms with Crippen LogP contribution in [0.5, 0.6) is 0 Å². The Morgan fingerprint density at radius 1 is 1.39 bits per heavy atom. The van der Waals surface area contributed by atoms with Gasteiger partial charge in [0.2, 0.25) is 0 Å². The molecule has 2 aromatic heterocycles. The Morgan fingerprint density at radius 3 is 2.89 bits per heavy atom. The molecule has 2 rings (SSSR count). The molecule has 0 spiro atoms. The van der Waals surface area contributed by atoms with Gasteiger partial charge in [0.25, 0.3) is 0 Å². The Bertz CT molecular complexity index is 509. The van der Waals surface area contributed by atoms with E-state index in [1.165, 1.54) is 6.07 Å². The lowest BCUT2D eigenvalue weighted by Crippen LogP contribution is -2.23. The highest BCUT2D eigenvalue weighted by molar-refractivity contribution is 5.22. The minimum absolute atomic E-state index is 0.278. The number of aryl methyl sites for hydroxylation is 1. The second kappa shape index (κ2) is 5.73. The van der Waals surface area contributed by atoms with Gasteiger partial charge in [0.1, 0.15) is 5.82 Å². The van der Waals surface area contributed by atoms with Crippen molar-refractivity contribution in [1.82, 2.24) is 20.1 Å². The van der Waals surface area contributed by atoms with Crippen molar-refractivity contribution in [3.05, 3.63) is 47.8 Å². The van der Waals surface area contributed by atoms with E-state index >= 15 is 0 Å². The smallest absolute Gasteiger partial charge is 0.146 e. The van der Waals surface area contributed by atoms with Crippen LogP contribution in [0, 0.1) is 5.82 Å². The molecular weight excluding hydrogens is 231 g/mol. The summed E-state index contributed by atoms with van der Waals surface area (Å²) < 4.78 is 15.7. The number of nitrogens with one attached hydrogen (secondary N) is 1. The molecule has 0 amide bonds. The average molecular weight is 248 g/mol. The van der Waals surface area contributed by atoms with Crippen molar-refractivity contribution in [2.75, 3.05) is 7.05 Å². The van der Waals surface area contributed by atoms with E-state index in [-0.39, 0.29) is 11.9 Å². The topological polar surface area (TPSA) is 42.7 Å². The van der Waals surface area contributed by atoms with Gasteiger partial charge in [-0.05, 0) is 31.7 Å².